The van der Waals surface area contributed by atoms with Crippen molar-refractivity contribution < 1.29 is 5.11 Å². The quantitative estimate of drug-likeness (QED) is 0.360. The van der Waals surface area contributed by atoms with Crippen molar-refractivity contribution in [3.05, 3.63) is 65.2 Å². The molecule has 0 saturated carbocycles. The highest BCUT2D eigenvalue weighted by Gasteiger charge is 2.22. The van der Waals surface area contributed by atoms with E-state index in [1.807, 2.05) is 12.1 Å². The van der Waals surface area contributed by atoms with E-state index in [9.17, 15) is 5.11 Å². The monoisotopic (exact) mass is 526 g/mol. The molecule has 2 atom stereocenters. The Morgan fingerprint density at radius 1 is 1.07 bits per heavy atom. The maximum atomic E-state index is 10.2. The molecular formula is C24H36Br2N2O. The van der Waals surface area contributed by atoms with Gasteiger partial charge in [0, 0.05) is 18.6 Å². The van der Waals surface area contributed by atoms with Gasteiger partial charge in [-0.1, -0.05) is 62.2 Å². The second kappa shape index (κ2) is 14.2. The first-order chi connectivity index (χ1) is 13.3. The summed E-state index contributed by atoms with van der Waals surface area (Å²) in [6.07, 6.45) is 8.06. The Morgan fingerprint density at radius 3 is 2.62 bits per heavy atom. The maximum absolute atomic E-state index is 10.2. The van der Waals surface area contributed by atoms with Gasteiger partial charge in [0.05, 0.1) is 0 Å². The number of hydrogen-bond acceptors (Lipinski definition) is 3. The number of fused-ring (bicyclic) bond motifs is 1. The van der Waals surface area contributed by atoms with Crippen LogP contribution in [-0.4, -0.2) is 24.2 Å². The van der Waals surface area contributed by atoms with Crippen molar-refractivity contribution in [3.63, 3.8) is 0 Å². The highest BCUT2D eigenvalue weighted by atomic mass is 79.9. The minimum absolute atomic E-state index is 0. The van der Waals surface area contributed by atoms with Crippen molar-refractivity contribution in [3.8, 4) is 5.75 Å². The van der Waals surface area contributed by atoms with Crippen LogP contribution in [0.2, 0.25) is 0 Å². The number of phenols is 1. The fourth-order valence-corrected chi connectivity index (χ4v) is 4.12. The van der Waals surface area contributed by atoms with E-state index in [1.54, 1.807) is 0 Å². The molecule has 162 valence electrons. The van der Waals surface area contributed by atoms with Gasteiger partial charge in [0.25, 0.3) is 0 Å². The molecule has 0 amide bonds. The van der Waals surface area contributed by atoms with Crippen molar-refractivity contribution in [2.45, 2.75) is 64.0 Å². The topological polar surface area (TPSA) is 44.3 Å². The highest BCUT2D eigenvalue weighted by Crippen LogP contribution is 2.34. The van der Waals surface area contributed by atoms with Gasteiger partial charge in [-0.05, 0) is 61.4 Å². The number of rotatable bonds is 10. The summed E-state index contributed by atoms with van der Waals surface area (Å²) in [5.74, 6) is 0.461. The first kappa shape index (κ1) is 26.2. The van der Waals surface area contributed by atoms with E-state index in [0.717, 1.165) is 44.3 Å². The summed E-state index contributed by atoms with van der Waals surface area (Å²) in [7, 11) is 0. The standard InChI is InChI=1S/C24H34N2O.2BrH/c1-2-3-11-20(25-17-16-19-9-5-4-6-10-19)18-26-23-14-7-13-22-21(23)12-8-15-24(22)27;;/h4-6,8-10,12,15,20,23,25-27H,2-3,7,11,13-14,16-18H2,1H3;2*1H. The molecule has 2 unspecified atom stereocenters. The number of benzene rings is 2. The van der Waals surface area contributed by atoms with Gasteiger partial charge in [-0.15, -0.1) is 34.0 Å². The van der Waals surface area contributed by atoms with E-state index in [0.29, 0.717) is 17.8 Å². The van der Waals surface area contributed by atoms with Crippen molar-refractivity contribution in [1.82, 2.24) is 10.6 Å². The van der Waals surface area contributed by atoms with Crippen LogP contribution < -0.4 is 10.6 Å². The predicted octanol–water partition coefficient (Wildman–Crippen LogP) is 5.91. The van der Waals surface area contributed by atoms with Crippen LogP contribution in [0.3, 0.4) is 0 Å². The third kappa shape index (κ3) is 8.05. The molecule has 3 N–H and O–H groups in total. The summed E-state index contributed by atoms with van der Waals surface area (Å²) in [5.41, 5.74) is 3.83. The van der Waals surface area contributed by atoms with Gasteiger partial charge < -0.3 is 15.7 Å². The van der Waals surface area contributed by atoms with Gasteiger partial charge in [0.15, 0.2) is 0 Å². The zero-order valence-corrected chi connectivity index (χ0v) is 20.8. The lowest BCUT2D eigenvalue weighted by molar-refractivity contribution is 0.383. The maximum Gasteiger partial charge on any atom is 0.119 e. The highest BCUT2D eigenvalue weighted by molar-refractivity contribution is 8.93. The van der Waals surface area contributed by atoms with Crippen LogP contribution in [0.1, 0.15) is 61.8 Å². The van der Waals surface area contributed by atoms with Crippen molar-refractivity contribution >= 4 is 34.0 Å². The molecule has 29 heavy (non-hydrogen) atoms. The molecule has 0 spiro atoms. The summed E-state index contributed by atoms with van der Waals surface area (Å²) in [6, 6.07) is 17.5. The molecule has 0 aliphatic heterocycles. The second-order valence-electron chi connectivity index (χ2n) is 7.73. The van der Waals surface area contributed by atoms with Crippen LogP contribution >= 0.6 is 34.0 Å². The molecule has 0 saturated heterocycles. The summed E-state index contributed by atoms with van der Waals surface area (Å²) >= 11 is 0. The van der Waals surface area contributed by atoms with Crippen LogP contribution in [0.4, 0.5) is 0 Å². The fraction of sp³-hybridized carbons (Fsp3) is 0.500. The Kier molecular flexibility index (Phi) is 12.8. The van der Waals surface area contributed by atoms with Gasteiger partial charge in [0.2, 0.25) is 0 Å². The Bertz CT molecular complexity index is 697. The molecule has 2 aromatic rings. The molecule has 0 bridgehead atoms. The summed E-state index contributed by atoms with van der Waals surface area (Å²) < 4.78 is 0. The first-order valence-electron chi connectivity index (χ1n) is 10.6. The van der Waals surface area contributed by atoms with Crippen LogP contribution in [-0.2, 0) is 12.8 Å². The zero-order chi connectivity index (χ0) is 18.9. The van der Waals surface area contributed by atoms with Gasteiger partial charge in [-0.2, -0.15) is 0 Å². The average Bonchev–Trinajstić information content (AvgIpc) is 2.71. The molecule has 3 rings (SSSR count). The third-order valence-corrected chi connectivity index (χ3v) is 5.69. The number of aromatic hydroxyl groups is 1. The van der Waals surface area contributed by atoms with Crippen LogP contribution in [0.25, 0.3) is 0 Å². The largest absolute Gasteiger partial charge is 0.508 e. The Balaban J connectivity index is 0.00000210. The number of hydrogen-bond donors (Lipinski definition) is 3. The van der Waals surface area contributed by atoms with E-state index in [-0.39, 0.29) is 34.0 Å². The molecule has 1 aliphatic carbocycles. The summed E-state index contributed by atoms with van der Waals surface area (Å²) in [4.78, 5) is 0. The molecule has 1 aliphatic rings. The van der Waals surface area contributed by atoms with Crippen LogP contribution in [0, 0.1) is 0 Å². The average molecular weight is 528 g/mol. The minimum atomic E-state index is 0. The second-order valence-corrected chi connectivity index (χ2v) is 7.73. The number of phenolic OH excluding ortho intramolecular Hbond substituents is 1. The van der Waals surface area contributed by atoms with E-state index in [1.165, 1.54) is 30.4 Å². The zero-order valence-electron chi connectivity index (χ0n) is 17.4. The van der Waals surface area contributed by atoms with E-state index < -0.39 is 0 Å². The predicted molar refractivity (Wildman–Crippen MR) is 134 cm³/mol. The first-order valence-corrected chi connectivity index (χ1v) is 10.6. The lowest BCUT2D eigenvalue weighted by atomic mass is 9.87. The number of unbranched alkanes of at least 4 members (excludes halogenated alkanes) is 1. The number of halogens is 2. The number of nitrogens with one attached hydrogen (secondary N) is 2. The fourth-order valence-electron chi connectivity index (χ4n) is 4.12. The Hall–Kier alpha value is -0.880. The molecule has 5 heteroatoms. The molecular weight excluding hydrogens is 492 g/mol. The smallest absolute Gasteiger partial charge is 0.119 e. The molecule has 0 fully saturated rings. The van der Waals surface area contributed by atoms with E-state index in [2.05, 4.69) is 54.0 Å². The Morgan fingerprint density at radius 2 is 1.86 bits per heavy atom. The lowest BCUT2D eigenvalue weighted by Crippen LogP contribution is -2.41. The van der Waals surface area contributed by atoms with E-state index >= 15 is 0 Å². The van der Waals surface area contributed by atoms with Crippen molar-refractivity contribution in [1.29, 1.82) is 0 Å². The molecule has 3 nitrogen and oxygen atoms in total. The normalized spacial score (nSPS) is 16.2. The minimum Gasteiger partial charge on any atom is -0.508 e. The molecule has 0 heterocycles. The van der Waals surface area contributed by atoms with Crippen LogP contribution in [0.5, 0.6) is 5.75 Å². The van der Waals surface area contributed by atoms with E-state index in [4.69, 9.17) is 0 Å². The molecule has 2 aromatic carbocycles. The van der Waals surface area contributed by atoms with Gasteiger partial charge in [-0.3, -0.25) is 0 Å². The SMILES string of the molecule is Br.Br.CCCCC(CNC1CCCc2c(O)cccc21)NCCc1ccccc1. The van der Waals surface area contributed by atoms with Crippen molar-refractivity contribution in [2.75, 3.05) is 13.1 Å². The van der Waals surface area contributed by atoms with Gasteiger partial charge in [0.1, 0.15) is 5.75 Å². The lowest BCUT2D eigenvalue weighted by Gasteiger charge is -2.29. The molecule has 0 radical (unpaired) electrons. The summed E-state index contributed by atoms with van der Waals surface area (Å²) in [5, 5.41) is 17.7. The van der Waals surface area contributed by atoms with Crippen LogP contribution in [0.15, 0.2) is 48.5 Å². The third-order valence-electron chi connectivity index (χ3n) is 5.69. The Labute approximate surface area is 197 Å². The van der Waals surface area contributed by atoms with Crippen molar-refractivity contribution in [2.24, 2.45) is 0 Å². The van der Waals surface area contributed by atoms with Gasteiger partial charge >= 0.3 is 0 Å². The molecule has 0 aromatic heterocycles. The van der Waals surface area contributed by atoms with Gasteiger partial charge in [-0.25, -0.2) is 0 Å². The summed E-state index contributed by atoms with van der Waals surface area (Å²) in [6.45, 7) is 4.26.